The maximum Gasteiger partial charge on any atom is 1.00 e. The second-order valence-corrected chi connectivity index (χ2v) is 4.79. The molecule has 0 unspecified atom stereocenters. The molecule has 102 valence electrons. The molecule has 0 aliphatic carbocycles. The average molecular weight is 342 g/mol. The van der Waals surface area contributed by atoms with Gasteiger partial charge in [0, 0.05) is 5.75 Å². The Morgan fingerprint density at radius 3 is 2.21 bits per heavy atom. The summed E-state index contributed by atoms with van der Waals surface area (Å²) in [6.07, 6.45) is 0. The van der Waals surface area contributed by atoms with Crippen LogP contribution in [0.4, 0.5) is 16.8 Å². The van der Waals surface area contributed by atoms with E-state index in [0.29, 0.717) is 0 Å². The number of halogens is 4. The molecule has 19 heavy (non-hydrogen) atoms. The molecule has 0 saturated carbocycles. The van der Waals surface area contributed by atoms with Gasteiger partial charge in [-0.05, 0) is 24.1 Å². The van der Waals surface area contributed by atoms with E-state index in [1.54, 1.807) is 0 Å². The Hall–Kier alpha value is 0.741. The third-order valence-electron chi connectivity index (χ3n) is 2.18. The van der Waals surface area contributed by atoms with Crippen molar-refractivity contribution >= 4 is 35.6 Å². The fourth-order valence-electron chi connectivity index (χ4n) is 1.39. The standard InChI is InChI=1S/C8H8BF4O3S2.K/c1-5-7(9(10,11)12)2-6(4-17)3-8(5)16-18(13,14)15;/h2-3,17H,4H2,1H3;/q-1;+1. The Labute approximate surface area is 156 Å². The number of hydrogen-bond acceptors (Lipinski definition) is 4. The Kier molecular flexibility index (Phi) is 7.42. The van der Waals surface area contributed by atoms with Crippen LogP contribution in [-0.2, 0) is 16.3 Å². The fourth-order valence-corrected chi connectivity index (χ4v) is 1.96. The normalized spacial score (nSPS) is 11.9. The second kappa shape index (κ2) is 7.14. The smallest absolute Gasteiger partial charge is 0.445 e. The number of hydrogen-bond donors (Lipinski definition) is 1. The van der Waals surface area contributed by atoms with Crippen LogP contribution in [0.5, 0.6) is 5.75 Å². The van der Waals surface area contributed by atoms with Crippen LogP contribution >= 0.6 is 12.6 Å². The number of benzene rings is 1. The molecule has 0 fully saturated rings. The monoisotopic (exact) mass is 342 g/mol. The van der Waals surface area contributed by atoms with E-state index in [4.69, 9.17) is 0 Å². The van der Waals surface area contributed by atoms with Crippen molar-refractivity contribution in [2.45, 2.75) is 12.7 Å². The van der Waals surface area contributed by atoms with Gasteiger partial charge in [0.25, 0.3) is 0 Å². The molecular weight excluding hydrogens is 334 g/mol. The van der Waals surface area contributed by atoms with Crippen LogP contribution < -0.4 is 61.0 Å². The summed E-state index contributed by atoms with van der Waals surface area (Å²) in [6.45, 7) is -4.35. The van der Waals surface area contributed by atoms with Crippen molar-refractivity contribution in [2.75, 3.05) is 0 Å². The van der Waals surface area contributed by atoms with Crippen molar-refractivity contribution in [3.05, 3.63) is 23.3 Å². The molecule has 0 radical (unpaired) electrons. The van der Waals surface area contributed by atoms with Gasteiger partial charge < -0.3 is 17.1 Å². The molecule has 0 aliphatic heterocycles. The van der Waals surface area contributed by atoms with Crippen molar-refractivity contribution < 1.29 is 80.8 Å². The van der Waals surface area contributed by atoms with Gasteiger partial charge in [-0.15, -0.1) is 5.46 Å². The van der Waals surface area contributed by atoms with Crippen LogP contribution in [0.25, 0.3) is 0 Å². The minimum Gasteiger partial charge on any atom is -0.445 e. The van der Waals surface area contributed by atoms with Gasteiger partial charge in [0.2, 0.25) is 0 Å². The minimum absolute atomic E-state index is 0. The Morgan fingerprint density at radius 2 is 1.84 bits per heavy atom. The van der Waals surface area contributed by atoms with Crippen LogP contribution in [0.2, 0.25) is 0 Å². The van der Waals surface area contributed by atoms with Gasteiger partial charge in [0.15, 0.2) is 0 Å². The maximum absolute atomic E-state index is 12.7. The molecule has 0 aliphatic rings. The van der Waals surface area contributed by atoms with Crippen LogP contribution in [0.1, 0.15) is 11.1 Å². The van der Waals surface area contributed by atoms with E-state index in [1.807, 2.05) is 0 Å². The summed E-state index contributed by atoms with van der Waals surface area (Å²) in [7, 11) is -5.37. The summed E-state index contributed by atoms with van der Waals surface area (Å²) in [5.74, 6) is -0.750. The molecule has 0 amide bonds. The second-order valence-electron chi connectivity index (χ2n) is 3.52. The number of thiol groups is 1. The van der Waals surface area contributed by atoms with E-state index in [-0.39, 0.29) is 62.7 Å². The van der Waals surface area contributed by atoms with Gasteiger partial charge in [-0.25, -0.2) is 0 Å². The SMILES string of the molecule is Cc1c(OS(=O)(=O)F)cc(CS)cc1[B-](F)(F)F.[K+]. The summed E-state index contributed by atoms with van der Waals surface area (Å²) < 4.78 is 75.1. The van der Waals surface area contributed by atoms with Gasteiger partial charge in [-0.2, -0.15) is 21.0 Å². The molecule has 0 heterocycles. The van der Waals surface area contributed by atoms with Gasteiger partial charge in [0.1, 0.15) is 5.75 Å². The Bertz CT molecular complexity index is 562. The van der Waals surface area contributed by atoms with E-state index < -0.39 is 34.3 Å². The van der Waals surface area contributed by atoms with E-state index in [0.717, 1.165) is 19.1 Å². The first kappa shape index (κ1) is 19.7. The molecule has 0 N–H and O–H groups in total. The van der Waals surface area contributed by atoms with E-state index in [1.165, 1.54) is 0 Å². The maximum atomic E-state index is 12.7. The quantitative estimate of drug-likeness (QED) is 0.333. The first-order valence-corrected chi connectivity index (χ1v) is 6.57. The van der Waals surface area contributed by atoms with Gasteiger partial charge in [0.05, 0.1) is 0 Å². The third-order valence-corrected chi connectivity index (χ3v) is 2.93. The predicted molar refractivity (Wildman–Crippen MR) is 63.2 cm³/mol. The van der Waals surface area contributed by atoms with Crippen molar-refractivity contribution in [3.63, 3.8) is 0 Å². The van der Waals surface area contributed by atoms with Crippen LogP contribution in [0.3, 0.4) is 0 Å². The number of rotatable bonds is 4. The van der Waals surface area contributed by atoms with E-state index in [2.05, 4.69) is 16.8 Å². The van der Waals surface area contributed by atoms with Gasteiger partial charge >= 0.3 is 68.9 Å². The van der Waals surface area contributed by atoms with Crippen molar-refractivity contribution in [2.24, 2.45) is 0 Å². The average Bonchev–Trinajstić information content (AvgIpc) is 2.17. The summed E-state index contributed by atoms with van der Waals surface area (Å²) in [6, 6.07) is 1.84. The van der Waals surface area contributed by atoms with Crippen LogP contribution in [0, 0.1) is 6.92 Å². The summed E-state index contributed by atoms with van der Waals surface area (Å²) in [5, 5.41) is 0. The topological polar surface area (TPSA) is 43.4 Å². The molecule has 0 aromatic heterocycles. The Balaban J connectivity index is 0.00000324. The zero-order valence-electron chi connectivity index (χ0n) is 10.0. The largest absolute Gasteiger partial charge is 1.00 e. The van der Waals surface area contributed by atoms with Crippen molar-refractivity contribution in [3.8, 4) is 5.75 Å². The molecule has 0 spiro atoms. The predicted octanol–water partition coefficient (Wildman–Crippen LogP) is -0.924. The van der Waals surface area contributed by atoms with E-state index in [9.17, 15) is 25.3 Å². The molecule has 3 nitrogen and oxygen atoms in total. The van der Waals surface area contributed by atoms with Crippen LogP contribution in [-0.4, -0.2) is 15.4 Å². The summed E-state index contributed by atoms with van der Waals surface area (Å²) in [5.41, 5.74) is -1.42. The van der Waals surface area contributed by atoms with Crippen LogP contribution in [0.15, 0.2) is 12.1 Å². The van der Waals surface area contributed by atoms with Crippen molar-refractivity contribution in [1.29, 1.82) is 0 Å². The molecule has 1 rings (SSSR count). The summed E-state index contributed by atoms with van der Waals surface area (Å²) in [4.78, 5) is 0. The zero-order valence-corrected chi connectivity index (χ0v) is 14.9. The zero-order chi connectivity index (χ0) is 14.1. The first-order valence-electron chi connectivity index (χ1n) is 4.63. The fraction of sp³-hybridized carbons (Fsp3) is 0.250. The molecule has 11 heteroatoms. The first-order chi connectivity index (χ1) is 8.04. The molecule has 0 saturated heterocycles. The minimum atomic E-state index is -5.37. The Morgan fingerprint density at radius 1 is 1.32 bits per heavy atom. The molecule has 1 aromatic carbocycles. The van der Waals surface area contributed by atoms with Gasteiger partial charge in [-0.1, -0.05) is 9.95 Å². The van der Waals surface area contributed by atoms with Crippen molar-refractivity contribution in [1.82, 2.24) is 0 Å². The van der Waals surface area contributed by atoms with Gasteiger partial charge in [-0.3, -0.25) is 0 Å². The molecule has 0 atom stereocenters. The molecular formula is C8H8BF4KO3S2. The third kappa shape index (κ3) is 5.94. The molecule has 0 bridgehead atoms. The summed E-state index contributed by atoms with van der Waals surface area (Å²) >= 11 is 3.79. The molecule has 1 aromatic rings. The van der Waals surface area contributed by atoms with E-state index >= 15 is 0 Å².